The standard InChI is InChI=1S/C33H36FN5O4/c1-22-14-25(6-8-29(22)34)37-33-28-16-24(15-27(40)4-3-9-39-18-31-32(19-39)43-13-12-42-31)23(17-30(28)35-21-36-33)5-7-26-20-41-11-10-38(26)2/h3-4,6,8,14,16-17,21,26,31-32H,9-13,15,18-20H2,1-2H3,(H,35,36,37)/b4-3+. The number of nitrogens with zero attached hydrogens (tertiary/aromatic N) is 4. The van der Waals surface area contributed by atoms with Gasteiger partial charge in [0.15, 0.2) is 5.78 Å². The van der Waals surface area contributed by atoms with Gasteiger partial charge in [0, 0.05) is 49.2 Å². The Morgan fingerprint density at radius 3 is 2.72 bits per heavy atom. The molecule has 3 aliphatic heterocycles. The number of morpholine rings is 1. The molecule has 0 bridgehead atoms. The van der Waals surface area contributed by atoms with Crippen LogP contribution in [0.3, 0.4) is 0 Å². The fraction of sp³-hybridized carbons (Fsp3) is 0.424. The van der Waals surface area contributed by atoms with E-state index in [4.69, 9.17) is 14.2 Å². The lowest BCUT2D eigenvalue weighted by atomic mass is 9.99. The van der Waals surface area contributed by atoms with Crippen molar-refractivity contribution in [2.24, 2.45) is 0 Å². The van der Waals surface area contributed by atoms with E-state index in [1.165, 1.54) is 12.4 Å². The number of rotatable bonds is 7. The zero-order valence-electron chi connectivity index (χ0n) is 24.5. The Labute approximate surface area is 251 Å². The van der Waals surface area contributed by atoms with Crippen LogP contribution in [0.1, 0.15) is 16.7 Å². The van der Waals surface area contributed by atoms with Crippen LogP contribution in [0.5, 0.6) is 0 Å². The van der Waals surface area contributed by atoms with E-state index in [1.54, 1.807) is 25.1 Å². The molecular formula is C33H36FN5O4. The summed E-state index contributed by atoms with van der Waals surface area (Å²) < 4.78 is 31.1. The van der Waals surface area contributed by atoms with E-state index in [-0.39, 0.29) is 36.3 Å². The van der Waals surface area contributed by atoms with Crippen LogP contribution in [-0.2, 0) is 25.4 Å². The molecule has 224 valence electrons. The Morgan fingerprint density at radius 1 is 1.14 bits per heavy atom. The van der Waals surface area contributed by atoms with Crippen LogP contribution in [0.4, 0.5) is 15.9 Å². The van der Waals surface area contributed by atoms with E-state index >= 15 is 0 Å². The number of fused-ring (bicyclic) bond motifs is 2. The maximum Gasteiger partial charge on any atom is 0.159 e. The third kappa shape index (κ3) is 7.09. The summed E-state index contributed by atoms with van der Waals surface area (Å²) in [4.78, 5) is 26.6. The Balaban J connectivity index is 1.25. The van der Waals surface area contributed by atoms with E-state index < -0.39 is 0 Å². The monoisotopic (exact) mass is 585 g/mol. The van der Waals surface area contributed by atoms with Gasteiger partial charge in [0.1, 0.15) is 18.0 Å². The molecule has 3 atom stereocenters. The largest absolute Gasteiger partial charge is 0.377 e. The first-order valence-electron chi connectivity index (χ1n) is 14.7. The second kappa shape index (κ2) is 13.3. The number of hydrogen-bond donors (Lipinski definition) is 1. The van der Waals surface area contributed by atoms with Crippen molar-refractivity contribution in [3.63, 3.8) is 0 Å². The molecule has 3 aromatic rings. The maximum absolute atomic E-state index is 13.9. The Hall–Kier alpha value is -3.72. The first kappa shape index (κ1) is 29.4. The summed E-state index contributed by atoms with van der Waals surface area (Å²) in [5.41, 5.74) is 3.47. The average molecular weight is 586 g/mol. The molecule has 0 aliphatic carbocycles. The first-order valence-corrected chi connectivity index (χ1v) is 14.7. The molecule has 10 heteroatoms. The Kier molecular flexibility index (Phi) is 9.07. The van der Waals surface area contributed by atoms with Gasteiger partial charge < -0.3 is 19.5 Å². The van der Waals surface area contributed by atoms with E-state index in [9.17, 15) is 9.18 Å². The summed E-state index contributed by atoms with van der Waals surface area (Å²) >= 11 is 0. The predicted octanol–water partition coefficient (Wildman–Crippen LogP) is 3.27. The fourth-order valence-electron chi connectivity index (χ4n) is 5.64. The number of anilines is 2. The third-order valence-corrected chi connectivity index (χ3v) is 8.12. The number of allylic oxidation sites excluding steroid dienone is 1. The molecule has 1 N–H and O–H groups in total. The quantitative estimate of drug-likeness (QED) is 0.332. The van der Waals surface area contributed by atoms with Gasteiger partial charge in [-0.25, -0.2) is 14.4 Å². The number of halogens is 1. The summed E-state index contributed by atoms with van der Waals surface area (Å²) in [5, 5.41) is 4.04. The number of aromatic nitrogens is 2. The minimum Gasteiger partial charge on any atom is -0.377 e. The highest BCUT2D eigenvalue weighted by atomic mass is 19.1. The number of likely N-dealkylation sites (tertiary alicyclic amines) is 1. The van der Waals surface area contributed by atoms with Gasteiger partial charge in [-0.15, -0.1) is 0 Å². The molecule has 2 aromatic carbocycles. The van der Waals surface area contributed by atoms with E-state index in [0.29, 0.717) is 55.6 Å². The number of ether oxygens (including phenoxy) is 3. The number of carbonyl (C=O) groups excluding carboxylic acids is 1. The minimum atomic E-state index is -0.270. The lowest BCUT2D eigenvalue weighted by molar-refractivity contribution is -0.116. The maximum atomic E-state index is 13.9. The van der Waals surface area contributed by atoms with Crippen LogP contribution in [0.25, 0.3) is 10.9 Å². The summed E-state index contributed by atoms with van der Waals surface area (Å²) in [7, 11) is 2.04. The van der Waals surface area contributed by atoms with Crippen molar-refractivity contribution in [3.05, 3.63) is 71.3 Å². The number of likely N-dealkylation sites (N-methyl/N-ethyl adjacent to an activating group) is 1. The molecule has 9 nitrogen and oxygen atoms in total. The molecule has 6 rings (SSSR count). The Morgan fingerprint density at radius 2 is 1.95 bits per heavy atom. The van der Waals surface area contributed by atoms with Crippen LogP contribution in [0, 0.1) is 24.6 Å². The van der Waals surface area contributed by atoms with Crippen molar-refractivity contribution in [2.75, 3.05) is 65.0 Å². The molecule has 1 aromatic heterocycles. The molecule has 4 heterocycles. The van der Waals surface area contributed by atoms with Crippen LogP contribution < -0.4 is 5.32 Å². The van der Waals surface area contributed by atoms with Gasteiger partial charge in [-0.1, -0.05) is 17.9 Å². The predicted molar refractivity (Wildman–Crippen MR) is 162 cm³/mol. The highest BCUT2D eigenvalue weighted by Crippen LogP contribution is 2.27. The lowest BCUT2D eigenvalue weighted by Crippen LogP contribution is -2.41. The number of ketones is 1. The topological polar surface area (TPSA) is 89.1 Å². The summed E-state index contributed by atoms with van der Waals surface area (Å²) in [6, 6.07) is 8.64. The lowest BCUT2D eigenvalue weighted by Gasteiger charge is -2.28. The van der Waals surface area contributed by atoms with Crippen LogP contribution in [-0.4, -0.2) is 103 Å². The average Bonchev–Trinajstić information content (AvgIpc) is 3.42. The van der Waals surface area contributed by atoms with Gasteiger partial charge in [-0.2, -0.15) is 0 Å². The van der Waals surface area contributed by atoms with Crippen molar-refractivity contribution >= 4 is 28.2 Å². The van der Waals surface area contributed by atoms with Gasteiger partial charge in [0.05, 0.1) is 50.2 Å². The normalized spacial score (nSPS) is 22.8. The molecule has 0 radical (unpaired) electrons. The van der Waals surface area contributed by atoms with Crippen molar-refractivity contribution in [1.29, 1.82) is 0 Å². The number of benzene rings is 2. The highest BCUT2D eigenvalue weighted by molar-refractivity contribution is 5.96. The van der Waals surface area contributed by atoms with E-state index in [2.05, 4.69) is 36.9 Å². The number of aryl methyl sites for hydroxylation is 1. The van der Waals surface area contributed by atoms with Crippen LogP contribution in [0.15, 0.2) is 48.8 Å². The zero-order chi connectivity index (χ0) is 29.8. The number of nitrogens with one attached hydrogen (secondary N) is 1. The van der Waals surface area contributed by atoms with Gasteiger partial charge in [-0.3, -0.25) is 14.6 Å². The minimum absolute atomic E-state index is 0.0230. The van der Waals surface area contributed by atoms with E-state index in [1.807, 2.05) is 25.3 Å². The van der Waals surface area contributed by atoms with Crippen molar-refractivity contribution in [3.8, 4) is 11.8 Å². The van der Waals surface area contributed by atoms with Gasteiger partial charge in [0.25, 0.3) is 0 Å². The molecule has 3 fully saturated rings. The third-order valence-electron chi connectivity index (χ3n) is 8.12. The molecule has 43 heavy (non-hydrogen) atoms. The van der Waals surface area contributed by atoms with Gasteiger partial charge in [-0.05, 0) is 61.5 Å². The van der Waals surface area contributed by atoms with Gasteiger partial charge >= 0.3 is 0 Å². The smallest absolute Gasteiger partial charge is 0.159 e. The van der Waals surface area contributed by atoms with E-state index in [0.717, 1.165) is 36.1 Å². The SMILES string of the molecule is Cc1cc(Nc2ncnc3cc(C#CC4COCCN4C)c(CC(=O)/C=C/CN4CC5OCCOC5C4)cc23)ccc1F. The van der Waals surface area contributed by atoms with Crippen LogP contribution in [0.2, 0.25) is 0 Å². The summed E-state index contributed by atoms with van der Waals surface area (Å²) in [6.07, 6.45) is 5.43. The second-order valence-electron chi connectivity index (χ2n) is 11.3. The summed E-state index contributed by atoms with van der Waals surface area (Å²) in [6.45, 7) is 7.29. The molecule has 3 saturated heterocycles. The number of hydrogen-bond acceptors (Lipinski definition) is 9. The van der Waals surface area contributed by atoms with Gasteiger partial charge in [0.2, 0.25) is 0 Å². The summed E-state index contributed by atoms with van der Waals surface area (Å²) in [5.74, 6) is 6.93. The highest BCUT2D eigenvalue weighted by Gasteiger charge is 2.35. The zero-order valence-corrected chi connectivity index (χ0v) is 24.5. The molecule has 0 spiro atoms. The molecule has 3 unspecified atom stereocenters. The molecule has 0 amide bonds. The molecule has 0 saturated carbocycles. The van der Waals surface area contributed by atoms with Crippen molar-refractivity contribution in [1.82, 2.24) is 19.8 Å². The van der Waals surface area contributed by atoms with Crippen molar-refractivity contribution < 1.29 is 23.4 Å². The fourth-order valence-corrected chi connectivity index (χ4v) is 5.64. The second-order valence-corrected chi connectivity index (χ2v) is 11.3. The molecule has 3 aliphatic rings. The Bertz CT molecular complexity index is 1570. The van der Waals surface area contributed by atoms with Crippen molar-refractivity contribution in [2.45, 2.75) is 31.6 Å². The first-order chi connectivity index (χ1) is 20.9. The van der Waals surface area contributed by atoms with Crippen LogP contribution >= 0.6 is 0 Å². The molecular weight excluding hydrogens is 549 g/mol. The number of carbonyl (C=O) groups is 1.